The Morgan fingerprint density at radius 1 is 0.735 bits per heavy atom. The van der Waals surface area contributed by atoms with Crippen molar-refractivity contribution in [3.63, 3.8) is 0 Å². The third-order valence-electron chi connectivity index (χ3n) is 6.52. The van der Waals surface area contributed by atoms with Crippen molar-refractivity contribution < 1.29 is 8.23 Å². The normalized spacial score (nSPS) is 15.4. The van der Waals surface area contributed by atoms with Gasteiger partial charge in [0.1, 0.15) is 0 Å². The Morgan fingerprint density at radius 2 is 1.18 bits per heavy atom. The van der Waals surface area contributed by atoms with E-state index in [0.717, 1.165) is 18.9 Å². The van der Waals surface area contributed by atoms with Gasteiger partial charge in [0, 0.05) is 24.6 Å². The van der Waals surface area contributed by atoms with Crippen LogP contribution in [-0.2, 0) is 13.6 Å². The first kappa shape index (κ1) is 28.8. The van der Waals surface area contributed by atoms with Gasteiger partial charge in [-0.25, -0.2) is 0 Å². The molecule has 0 amide bonds. The van der Waals surface area contributed by atoms with Crippen LogP contribution in [0.15, 0.2) is 45.3 Å². The molecule has 0 fully saturated rings. The molecule has 0 heterocycles. The van der Waals surface area contributed by atoms with E-state index in [0.29, 0.717) is 0 Å². The predicted octanol–water partition coefficient (Wildman–Crippen LogP) is 8.60. The standard InChI is InChI=1S/C26H42Br2O2Si4/c1-32(2,3)29-34(7,30-33(4,5)6)17-9-15-26(14-8-16-31)24-18-20(27)10-12-22(24)23-13-11-21(28)19-25(23)26/h10-13,18-19H,8-9,14-17H2,1-7,31H3. The minimum atomic E-state index is -2.25. The molecule has 1 aliphatic rings. The van der Waals surface area contributed by atoms with Gasteiger partial charge in [0.2, 0.25) is 0 Å². The summed E-state index contributed by atoms with van der Waals surface area (Å²) in [5, 5.41) is 0. The highest BCUT2D eigenvalue weighted by Crippen LogP contribution is 2.55. The van der Waals surface area contributed by atoms with Crippen molar-refractivity contribution in [1.29, 1.82) is 0 Å². The van der Waals surface area contributed by atoms with Crippen LogP contribution < -0.4 is 0 Å². The summed E-state index contributed by atoms with van der Waals surface area (Å²) in [6.07, 6.45) is 4.78. The Labute approximate surface area is 230 Å². The summed E-state index contributed by atoms with van der Waals surface area (Å²) < 4.78 is 16.0. The molecule has 1 aliphatic carbocycles. The summed E-state index contributed by atoms with van der Waals surface area (Å²) in [4.78, 5) is 0. The van der Waals surface area contributed by atoms with Crippen LogP contribution in [0.25, 0.3) is 11.1 Å². The van der Waals surface area contributed by atoms with Crippen molar-refractivity contribution in [1.82, 2.24) is 0 Å². The summed E-state index contributed by atoms with van der Waals surface area (Å²) in [7, 11) is -4.37. The third-order valence-corrected chi connectivity index (χ3v) is 17.8. The summed E-state index contributed by atoms with van der Waals surface area (Å²) in [6.45, 7) is 16.1. The Hall–Kier alpha value is 0.188. The van der Waals surface area contributed by atoms with Gasteiger partial charge in [-0.3, -0.25) is 0 Å². The number of hydrogen-bond donors (Lipinski definition) is 0. The number of halogens is 2. The molecule has 8 heteroatoms. The average Bonchev–Trinajstić information content (AvgIpc) is 2.92. The molecule has 2 nitrogen and oxygen atoms in total. The zero-order chi connectivity index (χ0) is 25.4. The lowest BCUT2D eigenvalue weighted by Crippen LogP contribution is -2.52. The predicted molar refractivity (Wildman–Crippen MR) is 167 cm³/mol. The zero-order valence-corrected chi connectivity index (χ0v) is 30.5. The van der Waals surface area contributed by atoms with E-state index in [1.54, 1.807) is 0 Å². The minimum Gasteiger partial charge on any atom is -0.437 e. The van der Waals surface area contributed by atoms with Gasteiger partial charge in [-0.15, -0.1) is 0 Å². The third kappa shape index (κ3) is 6.94. The van der Waals surface area contributed by atoms with Crippen molar-refractivity contribution in [2.75, 3.05) is 0 Å². The van der Waals surface area contributed by atoms with Crippen molar-refractivity contribution in [3.8, 4) is 11.1 Å². The average molecular weight is 659 g/mol. The molecular weight excluding hydrogens is 616 g/mol. The maximum atomic E-state index is 6.84. The fraction of sp³-hybridized carbons (Fsp3) is 0.538. The molecule has 0 aromatic heterocycles. The van der Waals surface area contributed by atoms with E-state index in [1.165, 1.54) is 60.3 Å². The second-order valence-electron chi connectivity index (χ2n) is 12.0. The fourth-order valence-corrected chi connectivity index (χ4v) is 19.3. The van der Waals surface area contributed by atoms with Crippen LogP contribution in [0.3, 0.4) is 0 Å². The molecule has 34 heavy (non-hydrogen) atoms. The Kier molecular flexibility index (Phi) is 9.21. The molecule has 0 spiro atoms. The summed E-state index contributed by atoms with van der Waals surface area (Å²) in [5.74, 6) is 0. The number of fused-ring (bicyclic) bond motifs is 3. The van der Waals surface area contributed by atoms with Gasteiger partial charge in [-0.2, -0.15) is 0 Å². The van der Waals surface area contributed by atoms with Gasteiger partial charge >= 0.3 is 8.56 Å². The zero-order valence-electron chi connectivity index (χ0n) is 22.3. The summed E-state index contributed by atoms with van der Waals surface area (Å²) in [6, 6.07) is 16.2. The molecular formula is C26H42Br2O2Si4. The largest absolute Gasteiger partial charge is 0.437 e. The molecule has 188 valence electrons. The number of benzene rings is 2. The first-order valence-corrected chi connectivity index (χ1v) is 25.0. The van der Waals surface area contributed by atoms with Gasteiger partial charge in [-0.05, 0) is 111 Å². The van der Waals surface area contributed by atoms with Gasteiger partial charge in [-0.1, -0.05) is 62.9 Å². The maximum absolute atomic E-state index is 6.84. The molecule has 0 atom stereocenters. The highest BCUT2D eigenvalue weighted by Gasteiger charge is 2.45. The number of rotatable bonds is 11. The van der Waals surface area contributed by atoms with Crippen LogP contribution in [0.1, 0.15) is 36.8 Å². The van der Waals surface area contributed by atoms with E-state index in [-0.39, 0.29) is 5.41 Å². The van der Waals surface area contributed by atoms with Crippen molar-refractivity contribution in [3.05, 3.63) is 56.5 Å². The Bertz CT molecular complexity index is 947. The van der Waals surface area contributed by atoms with Crippen molar-refractivity contribution in [2.45, 2.75) is 89.0 Å². The maximum Gasteiger partial charge on any atom is 0.314 e. The van der Waals surface area contributed by atoms with Gasteiger partial charge in [0.25, 0.3) is 0 Å². The van der Waals surface area contributed by atoms with Gasteiger partial charge in [0.15, 0.2) is 16.6 Å². The van der Waals surface area contributed by atoms with E-state index >= 15 is 0 Å². The molecule has 0 radical (unpaired) electrons. The fourth-order valence-electron chi connectivity index (χ4n) is 5.71. The first-order chi connectivity index (χ1) is 15.7. The highest BCUT2D eigenvalue weighted by molar-refractivity contribution is 9.10. The van der Waals surface area contributed by atoms with Gasteiger partial charge in [0.05, 0.1) is 0 Å². The van der Waals surface area contributed by atoms with E-state index < -0.39 is 25.2 Å². The molecule has 0 unspecified atom stereocenters. The SMILES string of the molecule is C[Si](C)(C)O[Si](C)(CCCC1(CCC[SiH3])c2cc(Br)ccc2-c2ccc(Br)cc21)O[Si](C)(C)C. The van der Waals surface area contributed by atoms with Crippen molar-refractivity contribution in [2.24, 2.45) is 0 Å². The second kappa shape index (κ2) is 10.9. The summed E-state index contributed by atoms with van der Waals surface area (Å²) >= 11 is 7.57. The first-order valence-electron chi connectivity index (χ1n) is 12.7. The van der Waals surface area contributed by atoms with Crippen molar-refractivity contribution >= 4 is 67.3 Å². The second-order valence-corrected chi connectivity index (χ2v) is 27.7. The lowest BCUT2D eigenvalue weighted by Gasteiger charge is -2.39. The monoisotopic (exact) mass is 656 g/mol. The van der Waals surface area contributed by atoms with Crippen LogP contribution in [0.2, 0.25) is 57.9 Å². The lowest BCUT2D eigenvalue weighted by molar-refractivity contribution is 0.370. The molecule has 2 aromatic carbocycles. The van der Waals surface area contributed by atoms with E-state index in [2.05, 4.69) is 114 Å². The van der Waals surface area contributed by atoms with Crippen LogP contribution >= 0.6 is 31.9 Å². The van der Waals surface area contributed by atoms with E-state index in [4.69, 9.17) is 8.23 Å². The molecule has 0 aliphatic heterocycles. The number of hydrogen-bond acceptors (Lipinski definition) is 2. The molecule has 0 bridgehead atoms. The van der Waals surface area contributed by atoms with Gasteiger partial charge < -0.3 is 8.23 Å². The molecule has 2 aromatic rings. The van der Waals surface area contributed by atoms with E-state index in [1.807, 2.05) is 0 Å². The van der Waals surface area contributed by atoms with E-state index in [9.17, 15) is 0 Å². The minimum absolute atomic E-state index is 0.0657. The molecule has 0 N–H and O–H groups in total. The van der Waals surface area contributed by atoms with Crippen LogP contribution in [0.5, 0.6) is 0 Å². The molecule has 3 rings (SSSR count). The van der Waals surface area contributed by atoms with Crippen LogP contribution in [0, 0.1) is 0 Å². The lowest BCUT2D eigenvalue weighted by atomic mass is 9.71. The molecule has 0 saturated carbocycles. The van der Waals surface area contributed by atoms with Crippen LogP contribution in [0.4, 0.5) is 0 Å². The smallest absolute Gasteiger partial charge is 0.314 e. The Morgan fingerprint density at radius 3 is 1.59 bits per heavy atom. The Balaban J connectivity index is 1.99. The van der Waals surface area contributed by atoms with Crippen LogP contribution in [-0.4, -0.2) is 35.4 Å². The quantitative estimate of drug-likeness (QED) is 0.225. The molecule has 0 saturated heterocycles. The topological polar surface area (TPSA) is 18.5 Å². The summed E-state index contributed by atoms with van der Waals surface area (Å²) in [5.41, 5.74) is 5.90. The highest BCUT2D eigenvalue weighted by atomic mass is 79.9.